The van der Waals surface area contributed by atoms with E-state index < -0.39 is 15.9 Å². The molecule has 0 bridgehead atoms. The summed E-state index contributed by atoms with van der Waals surface area (Å²) in [5.41, 5.74) is 1.59. The van der Waals surface area contributed by atoms with E-state index in [0.717, 1.165) is 0 Å². The number of amides is 1. The van der Waals surface area contributed by atoms with Crippen LogP contribution in [0.3, 0.4) is 0 Å². The number of anilines is 1. The molecule has 3 aromatic rings. The van der Waals surface area contributed by atoms with Crippen molar-refractivity contribution in [2.45, 2.75) is 5.75 Å². The number of hydrogen-bond acceptors (Lipinski definition) is 5. The summed E-state index contributed by atoms with van der Waals surface area (Å²) in [5, 5.41) is 9.54. The van der Waals surface area contributed by atoms with Crippen LogP contribution in [0.25, 0.3) is 0 Å². The second kappa shape index (κ2) is 7.83. The summed E-state index contributed by atoms with van der Waals surface area (Å²) < 4.78 is 22.2. The number of ketones is 1. The third-order valence-electron chi connectivity index (χ3n) is 3.74. The van der Waals surface area contributed by atoms with Gasteiger partial charge in [0.15, 0.2) is 0 Å². The van der Waals surface area contributed by atoms with Gasteiger partial charge in [0.25, 0.3) is 5.91 Å². The average Bonchev–Trinajstić information content (AvgIpc) is 3.16. The van der Waals surface area contributed by atoms with Crippen LogP contribution in [-0.2, 0) is 15.8 Å². The Bertz CT molecular complexity index is 1070. The number of sulfonamides is 1. The first-order valence-corrected chi connectivity index (χ1v) is 10.5. The van der Waals surface area contributed by atoms with E-state index in [0.29, 0.717) is 21.7 Å². The number of hydrogen-bond donors (Lipinski definition) is 2. The summed E-state index contributed by atoms with van der Waals surface area (Å²) in [6.45, 7) is 0. The van der Waals surface area contributed by atoms with Crippen LogP contribution in [0, 0.1) is 0 Å². The molecule has 0 atom stereocenters. The Kier molecular flexibility index (Phi) is 5.50. The minimum absolute atomic E-state index is 0.209. The molecule has 3 N–H and O–H groups in total. The molecule has 0 aliphatic heterocycles. The fraction of sp³-hybridized carbons (Fsp3) is 0.0526. The van der Waals surface area contributed by atoms with E-state index in [1.54, 1.807) is 66.0 Å². The number of benzene rings is 2. The van der Waals surface area contributed by atoms with E-state index in [-0.39, 0.29) is 17.1 Å². The highest BCUT2D eigenvalue weighted by Gasteiger charge is 2.18. The second-order valence-corrected chi connectivity index (χ2v) is 8.37. The minimum Gasteiger partial charge on any atom is -0.322 e. The number of carbonyl (C=O) groups excluding carboxylic acids is 2. The van der Waals surface area contributed by atoms with Crippen molar-refractivity contribution in [3.8, 4) is 0 Å². The van der Waals surface area contributed by atoms with Gasteiger partial charge in [0.2, 0.25) is 15.8 Å². The van der Waals surface area contributed by atoms with E-state index in [4.69, 9.17) is 5.14 Å². The van der Waals surface area contributed by atoms with Gasteiger partial charge in [-0.05, 0) is 35.2 Å². The quantitative estimate of drug-likeness (QED) is 0.620. The zero-order valence-corrected chi connectivity index (χ0v) is 15.7. The maximum atomic E-state index is 12.6. The van der Waals surface area contributed by atoms with Crippen LogP contribution in [0.5, 0.6) is 0 Å². The van der Waals surface area contributed by atoms with Crippen LogP contribution in [0.2, 0.25) is 0 Å². The highest BCUT2D eigenvalue weighted by atomic mass is 32.2. The molecular formula is C19H16N2O4S2. The fourth-order valence-corrected chi connectivity index (χ4v) is 3.87. The third kappa shape index (κ3) is 4.88. The molecule has 0 saturated heterocycles. The largest absolute Gasteiger partial charge is 0.322 e. The van der Waals surface area contributed by atoms with Crippen LogP contribution in [-0.4, -0.2) is 20.1 Å². The maximum Gasteiger partial charge on any atom is 0.256 e. The summed E-state index contributed by atoms with van der Waals surface area (Å²) in [6.07, 6.45) is 0. The van der Waals surface area contributed by atoms with Crippen molar-refractivity contribution in [2.75, 3.05) is 5.32 Å². The van der Waals surface area contributed by atoms with Crippen molar-refractivity contribution in [1.29, 1.82) is 0 Å². The van der Waals surface area contributed by atoms with Gasteiger partial charge in [0, 0.05) is 11.3 Å². The average molecular weight is 400 g/mol. The minimum atomic E-state index is -3.62. The van der Waals surface area contributed by atoms with Gasteiger partial charge in [0.1, 0.15) is 0 Å². The molecule has 0 spiro atoms. The molecule has 27 heavy (non-hydrogen) atoms. The molecular weight excluding hydrogens is 384 g/mol. The van der Waals surface area contributed by atoms with Crippen LogP contribution in [0.15, 0.2) is 66.0 Å². The van der Waals surface area contributed by atoms with Gasteiger partial charge in [-0.15, -0.1) is 11.3 Å². The fourth-order valence-electron chi connectivity index (χ4n) is 2.53. The third-order valence-corrected chi connectivity index (χ3v) is 5.35. The zero-order valence-electron chi connectivity index (χ0n) is 14.1. The zero-order chi connectivity index (χ0) is 19.4. The molecule has 3 rings (SSSR count). The van der Waals surface area contributed by atoms with E-state index in [2.05, 4.69) is 5.32 Å². The van der Waals surface area contributed by atoms with E-state index >= 15 is 0 Å². The summed E-state index contributed by atoms with van der Waals surface area (Å²) in [6, 6.07) is 16.4. The van der Waals surface area contributed by atoms with Gasteiger partial charge in [0.05, 0.1) is 16.2 Å². The number of rotatable bonds is 6. The van der Waals surface area contributed by atoms with Crippen molar-refractivity contribution < 1.29 is 18.0 Å². The van der Waals surface area contributed by atoms with Crippen LogP contribution >= 0.6 is 11.3 Å². The molecule has 1 aromatic heterocycles. The van der Waals surface area contributed by atoms with Gasteiger partial charge in [-0.1, -0.05) is 36.4 Å². The Morgan fingerprint density at radius 1 is 0.926 bits per heavy atom. The second-order valence-electron chi connectivity index (χ2n) is 5.81. The lowest BCUT2D eigenvalue weighted by molar-refractivity contribution is 0.0998. The van der Waals surface area contributed by atoms with Crippen LogP contribution < -0.4 is 10.5 Å². The number of nitrogens with one attached hydrogen (secondary N) is 1. The molecule has 0 saturated carbocycles. The van der Waals surface area contributed by atoms with E-state index in [9.17, 15) is 18.0 Å². The highest BCUT2D eigenvalue weighted by molar-refractivity contribution is 7.88. The number of primary sulfonamides is 1. The lowest BCUT2D eigenvalue weighted by Gasteiger charge is -2.09. The normalized spacial score (nSPS) is 11.1. The molecule has 138 valence electrons. The molecule has 2 aromatic carbocycles. The van der Waals surface area contributed by atoms with E-state index in [1.807, 2.05) is 0 Å². The molecule has 6 nitrogen and oxygen atoms in total. The Labute approximate surface area is 160 Å². The number of thiophene rings is 1. The van der Waals surface area contributed by atoms with Crippen molar-refractivity contribution in [3.63, 3.8) is 0 Å². The summed E-state index contributed by atoms with van der Waals surface area (Å²) in [4.78, 5) is 25.8. The smallest absolute Gasteiger partial charge is 0.256 e. The van der Waals surface area contributed by atoms with E-state index in [1.165, 1.54) is 11.3 Å². The Morgan fingerprint density at radius 2 is 1.59 bits per heavy atom. The van der Waals surface area contributed by atoms with Crippen LogP contribution in [0.4, 0.5) is 5.69 Å². The number of nitrogens with two attached hydrogens (primary N) is 1. The summed E-state index contributed by atoms with van der Waals surface area (Å²) >= 11 is 1.32. The molecule has 8 heteroatoms. The maximum absolute atomic E-state index is 12.6. The van der Waals surface area contributed by atoms with Gasteiger partial charge >= 0.3 is 0 Å². The Morgan fingerprint density at radius 3 is 2.19 bits per heavy atom. The van der Waals surface area contributed by atoms with Gasteiger partial charge in [-0.25, -0.2) is 13.6 Å². The summed E-state index contributed by atoms with van der Waals surface area (Å²) in [7, 11) is -3.62. The molecule has 0 unspecified atom stereocenters. The standard InChI is InChI=1S/C19H16N2O4S2/c20-27(24,25)12-13-7-9-14(10-8-13)21-19(23)16-5-2-1-4-15(16)18(22)17-6-3-11-26-17/h1-11H,12H2,(H,21,23)(H2,20,24,25). The van der Waals surface area contributed by atoms with Crippen molar-refractivity contribution in [3.05, 3.63) is 87.6 Å². The monoisotopic (exact) mass is 400 g/mol. The van der Waals surface area contributed by atoms with Gasteiger partial charge in [-0.3, -0.25) is 9.59 Å². The molecule has 0 aliphatic carbocycles. The first-order valence-electron chi connectivity index (χ1n) is 7.91. The Balaban J connectivity index is 1.80. The molecule has 1 amide bonds. The van der Waals surface area contributed by atoms with Crippen molar-refractivity contribution >= 4 is 38.7 Å². The lowest BCUT2D eigenvalue weighted by Crippen LogP contribution is -2.17. The predicted octanol–water partition coefficient (Wildman–Crippen LogP) is 3.02. The first-order chi connectivity index (χ1) is 12.8. The van der Waals surface area contributed by atoms with Crippen LogP contribution in [0.1, 0.15) is 31.2 Å². The number of carbonyl (C=O) groups is 2. The van der Waals surface area contributed by atoms with Gasteiger partial charge < -0.3 is 5.32 Å². The summed E-state index contributed by atoms with van der Waals surface area (Å²) in [5.74, 6) is -0.909. The molecule has 1 heterocycles. The van der Waals surface area contributed by atoms with Crippen molar-refractivity contribution in [1.82, 2.24) is 0 Å². The van der Waals surface area contributed by atoms with Gasteiger partial charge in [-0.2, -0.15) is 0 Å². The highest BCUT2D eigenvalue weighted by Crippen LogP contribution is 2.20. The molecule has 0 radical (unpaired) electrons. The SMILES string of the molecule is NS(=O)(=O)Cc1ccc(NC(=O)c2ccccc2C(=O)c2cccs2)cc1. The molecule has 0 aliphatic rings. The first kappa shape index (κ1) is 19.0. The predicted molar refractivity (Wildman–Crippen MR) is 105 cm³/mol. The lowest BCUT2D eigenvalue weighted by atomic mass is 10.0. The van der Waals surface area contributed by atoms with Crippen molar-refractivity contribution in [2.24, 2.45) is 5.14 Å². The Hall–Kier alpha value is -2.81. The molecule has 0 fully saturated rings. The topological polar surface area (TPSA) is 106 Å².